The molecule has 3 aromatic rings. The minimum absolute atomic E-state index is 0.0391. The number of carbonyl (C=O) groups is 2. The van der Waals surface area contributed by atoms with Crippen LogP contribution in [-0.4, -0.2) is 45.3 Å². The molecule has 0 spiro atoms. The van der Waals surface area contributed by atoms with Gasteiger partial charge in [-0.3, -0.25) is 9.59 Å². The number of esters is 1. The molecular weight excluding hydrogens is 398 g/mol. The lowest BCUT2D eigenvalue weighted by Crippen LogP contribution is -2.23. The Morgan fingerprint density at radius 1 is 1.00 bits per heavy atom. The molecule has 2 aromatic heterocycles. The molecule has 162 valence electrons. The summed E-state index contributed by atoms with van der Waals surface area (Å²) < 4.78 is 11.8. The quantitative estimate of drug-likeness (QED) is 0.582. The molecule has 2 heterocycles. The van der Waals surface area contributed by atoms with E-state index in [-0.39, 0.29) is 6.42 Å². The van der Waals surface area contributed by atoms with Crippen molar-refractivity contribution in [3.05, 3.63) is 58.5 Å². The molecule has 0 atom stereocenters. The number of amides is 1. The van der Waals surface area contributed by atoms with E-state index >= 15 is 0 Å². The smallest absolute Gasteiger partial charge is 0.310 e. The minimum Gasteiger partial charge on any atom is -0.496 e. The van der Waals surface area contributed by atoms with Gasteiger partial charge in [0.1, 0.15) is 11.6 Å². The van der Waals surface area contributed by atoms with Gasteiger partial charge in [-0.05, 0) is 51.0 Å². The van der Waals surface area contributed by atoms with Crippen LogP contribution >= 0.6 is 0 Å². The fourth-order valence-corrected chi connectivity index (χ4v) is 3.06. The van der Waals surface area contributed by atoms with Crippen LogP contribution in [0.4, 0.5) is 5.82 Å². The molecule has 3 rings (SSSR count). The number of hydrogen-bond acceptors (Lipinski definition) is 7. The zero-order chi connectivity index (χ0) is 22.5. The average molecular weight is 423 g/mol. The Balaban J connectivity index is 1.62. The summed E-state index contributed by atoms with van der Waals surface area (Å²) in [6, 6.07) is 9.01. The van der Waals surface area contributed by atoms with E-state index < -0.39 is 18.5 Å². The van der Waals surface area contributed by atoms with Crippen molar-refractivity contribution in [1.82, 2.24) is 19.7 Å². The molecule has 0 unspecified atom stereocenters. The molecule has 9 heteroatoms. The van der Waals surface area contributed by atoms with Gasteiger partial charge in [0.2, 0.25) is 0 Å². The number of methoxy groups -OCH3 is 1. The first-order valence-electron chi connectivity index (χ1n) is 9.73. The predicted molar refractivity (Wildman–Crippen MR) is 114 cm³/mol. The Morgan fingerprint density at radius 3 is 2.39 bits per heavy atom. The van der Waals surface area contributed by atoms with Gasteiger partial charge in [0.25, 0.3) is 11.9 Å². The predicted octanol–water partition coefficient (Wildman–Crippen LogP) is 2.63. The molecule has 0 radical (unpaired) electrons. The van der Waals surface area contributed by atoms with Crippen LogP contribution < -0.4 is 10.1 Å². The number of hydrogen-bond donors (Lipinski definition) is 1. The monoisotopic (exact) mass is 423 g/mol. The summed E-state index contributed by atoms with van der Waals surface area (Å²) in [7, 11) is 1.57. The van der Waals surface area contributed by atoms with Gasteiger partial charge in [-0.25, -0.2) is 9.97 Å². The maximum absolute atomic E-state index is 12.4. The highest BCUT2D eigenvalue weighted by Crippen LogP contribution is 2.19. The van der Waals surface area contributed by atoms with Crippen molar-refractivity contribution in [3.8, 4) is 11.7 Å². The minimum atomic E-state index is -0.511. The van der Waals surface area contributed by atoms with Crippen LogP contribution in [0.3, 0.4) is 0 Å². The molecule has 0 fully saturated rings. The van der Waals surface area contributed by atoms with Crippen molar-refractivity contribution in [2.24, 2.45) is 0 Å². The van der Waals surface area contributed by atoms with E-state index in [9.17, 15) is 9.59 Å². The molecule has 31 heavy (non-hydrogen) atoms. The number of benzene rings is 1. The van der Waals surface area contributed by atoms with E-state index in [0.29, 0.717) is 23.2 Å². The summed E-state index contributed by atoms with van der Waals surface area (Å²) >= 11 is 0. The van der Waals surface area contributed by atoms with Gasteiger partial charge in [-0.1, -0.05) is 12.1 Å². The summed E-state index contributed by atoms with van der Waals surface area (Å²) in [6.07, 6.45) is 0.0391. The highest BCUT2D eigenvalue weighted by Gasteiger charge is 2.15. The van der Waals surface area contributed by atoms with Crippen LogP contribution in [0.5, 0.6) is 5.75 Å². The van der Waals surface area contributed by atoms with Gasteiger partial charge < -0.3 is 14.8 Å². The van der Waals surface area contributed by atoms with Gasteiger partial charge in [0.15, 0.2) is 6.61 Å². The molecule has 0 saturated heterocycles. The third-order valence-electron chi connectivity index (χ3n) is 4.44. The number of aromatic nitrogens is 4. The standard InChI is InChI=1S/C22H25N5O4/c1-13-6-7-17(10-18(13)30-5)11-21(29)31-12-20(28)25-19-9-16(4)26-27(19)22-23-14(2)8-15(3)24-22/h6-10H,11-12H2,1-5H3,(H,25,28). The fourth-order valence-electron chi connectivity index (χ4n) is 3.06. The maximum atomic E-state index is 12.4. The Hall–Kier alpha value is -3.75. The Morgan fingerprint density at radius 2 is 1.71 bits per heavy atom. The molecule has 1 N–H and O–H groups in total. The van der Waals surface area contributed by atoms with E-state index in [1.165, 1.54) is 4.68 Å². The van der Waals surface area contributed by atoms with Crippen molar-refractivity contribution in [2.45, 2.75) is 34.1 Å². The van der Waals surface area contributed by atoms with Crippen LogP contribution in [-0.2, 0) is 20.7 Å². The highest BCUT2D eigenvalue weighted by atomic mass is 16.5. The van der Waals surface area contributed by atoms with Crippen LogP contribution in [0.1, 0.15) is 28.2 Å². The van der Waals surface area contributed by atoms with Crippen LogP contribution in [0.2, 0.25) is 0 Å². The lowest BCUT2D eigenvalue weighted by atomic mass is 10.1. The normalized spacial score (nSPS) is 10.6. The van der Waals surface area contributed by atoms with Crippen molar-refractivity contribution in [1.29, 1.82) is 0 Å². The van der Waals surface area contributed by atoms with Crippen molar-refractivity contribution in [2.75, 3.05) is 19.0 Å². The molecule has 0 bridgehead atoms. The molecule has 1 amide bonds. The van der Waals surface area contributed by atoms with Gasteiger partial charge in [-0.15, -0.1) is 0 Å². The third-order valence-corrected chi connectivity index (χ3v) is 4.44. The summed E-state index contributed by atoms with van der Waals surface area (Å²) in [4.78, 5) is 33.2. The Kier molecular flexibility index (Phi) is 6.64. The van der Waals surface area contributed by atoms with Crippen molar-refractivity contribution in [3.63, 3.8) is 0 Å². The highest BCUT2D eigenvalue weighted by molar-refractivity contribution is 5.92. The van der Waals surface area contributed by atoms with Gasteiger partial charge in [0, 0.05) is 17.5 Å². The number of nitrogens with zero attached hydrogens (tertiary/aromatic N) is 4. The Bertz CT molecular complexity index is 1100. The average Bonchev–Trinajstić information content (AvgIpc) is 3.07. The second-order valence-corrected chi connectivity index (χ2v) is 7.22. The van der Waals surface area contributed by atoms with Crippen molar-refractivity contribution < 1.29 is 19.1 Å². The summed E-state index contributed by atoms with van der Waals surface area (Å²) in [6.45, 7) is 7.01. The molecule has 0 saturated carbocycles. The first-order valence-corrected chi connectivity index (χ1v) is 9.73. The van der Waals surface area contributed by atoms with Gasteiger partial charge >= 0.3 is 5.97 Å². The summed E-state index contributed by atoms with van der Waals surface area (Å²) in [5, 5.41) is 7.05. The lowest BCUT2D eigenvalue weighted by molar-refractivity contribution is -0.146. The molecule has 9 nitrogen and oxygen atoms in total. The number of anilines is 1. The topological polar surface area (TPSA) is 108 Å². The fraction of sp³-hybridized carbons (Fsp3) is 0.318. The maximum Gasteiger partial charge on any atom is 0.310 e. The molecule has 0 aliphatic heterocycles. The van der Waals surface area contributed by atoms with Crippen molar-refractivity contribution >= 4 is 17.7 Å². The number of aryl methyl sites for hydroxylation is 4. The largest absolute Gasteiger partial charge is 0.496 e. The Labute approximate surface area is 180 Å². The third kappa shape index (κ3) is 5.65. The van der Waals surface area contributed by atoms with Gasteiger partial charge in [0.05, 0.1) is 19.2 Å². The van der Waals surface area contributed by atoms with E-state index in [1.807, 2.05) is 39.0 Å². The first kappa shape index (κ1) is 21.9. The second-order valence-electron chi connectivity index (χ2n) is 7.22. The second kappa shape index (κ2) is 9.38. The van der Waals surface area contributed by atoms with E-state index in [1.54, 1.807) is 26.2 Å². The number of nitrogens with one attached hydrogen (secondary N) is 1. The van der Waals surface area contributed by atoms with Gasteiger partial charge in [-0.2, -0.15) is 9.78 Å². The van der Waals surface area contributed by atoms with E-state index in [2.05, 4.69) is 20.4 Å². The van der Waals surface area contributed by atoms with E-state index in [0.717, 1.165) is 22.5 Å². The number of rotatable bonds is 7. The zero-order valence-corrected chi connectivity index (χ0v) is 18.2. The lowest BCUT2D eigenvalue weighted by Gasteiger charge is -2.10. The summed E-state index contributed by atoms with van der Waals surface area (Å²) in [5.74, 6) is 0.446. The molecule has 0 aliphatic carbocycles. The molecule has 1 aromatic carbocycles. The zero-order valence-electron chi connectivity index (χ0n) is 18.2. The SMILES string of the molecule is COc1cc(CC(=O)OCC(=O)Nc2cc(C)nn2-c2nc(C)cc(C)n2)ccc1C. The number of carbonyl (C=O) groups excluding carboxylic acids is 2. The summed E-state index contributed by atoms with van der Waals surface area (Å²) in [5.41, 5.74) is 3.97. The van der Waals surface area contributed by atoms with E-state index in [4.69, 9.17) is 9.47 Å². The number of ether oxygens (including phenoxy) is 2. The van der Waals surface area contributed by atoms with Crippen LogP contribution in [0.15, 0.2) is 30.3 Å². The van der Waals surface area contributed by atoms with Crippen LogP contribution in [0.25, 0.3) is 5.95 Å². The molecular formula is C22H25N5O4. The van der Waals surface area contributed by atoms with Crippen LogP contribution in [0, 0.1) is 27.7 Å². The first-order chi connectivity index (χ1) is 14.7. The molecule has 0 aliphatic rings.